The molecule has 1 N–H and O–H groups in total. The minimum absolute atomic E-state index is 0.186. The highest BCUT2D eigenvalue weighted by Gasteiger charge is 2.36. The maximum absolute atomic E-state index is 14.4. The number of carbonyl (C=O) groups excluding carboxylic acids is 1. The van der Waals surface area contributed by atoms with E-state index in [1.165, 1.54) is 24.5 Å². The number of anilines is 1. The van der Waals surface area contributed by atoms with Crippen molar-refractivity contribution in [1.82, 2.24) is 9.88 Å². The maximum atomic E-state index is 14.4. The Kier molecular flexibility index (Phi) is 12.9. The zero-order valence-electron chi connectivity index (χ0n) is 24.7. The molecule has 0 bridgehead atoms. The predicted molar refractivity (Wildman–Crippen MR) is 160 cm³/mol. The zero-order chi connectivity index (χ0) is 29.1. The van der Waals surface area contributed by atoms with Crippen LogP contribution < -0.4 is 10.1 Å². The van der Waals surface area contributed by atoms with Gasteiger partial charge in [0.2, 0.25) is 0 Å². The number of methoxy groups -OCH3 is 1. The van der Waals surface area contributed by atoms with Crippen LogP contribution in [-0.2, 0) is 15.6 Å². The molecule has 0 fully saturated rings. The molecule has 216 valence electrons. The third-order valence-electron chi connectivity index (χ3n) is 6.56. The lowest BCUT2D eigenvalue weighted by Gasteiger charge is -2.36. The van der Waals surface area contributed by atoms with Crippen LogP contribution in [0.15, 0.2) is 18.2 Å². The van der Waals surface area contributed by atoms with Gasteiger partial charge in [0, 0.05) is 23.6 Å². The molecule has 0 saturated carbocycles. The summed E-state index contributed by atoms with van der Waals surface area (Å²) < 4.78 is 31.2. The van der Waals surface area contributed by atoms with Crippen molar-refractivity contribution in [3.63, 3.8) is 0 Å². The fourth-order valence-electron chi connectivity index (χ4n) is 3.23. The molecule has 0 radical (unpaired) electrons. The van der Waals surface area contributed by atoms with Gasteiger partial charge >= 0.3 is 5.97 Å². The van der Waals surface area contributed by atoms with Crippen molar-refractivity contribution in [1.29, 1.82) is 0 Å². The number of nitrogens with zero attached hydrogens (tertiary/aromatic N) is 2. The highest BCUT2D eigenvalue weighted by atomic mass is 32.1. The van der Waals surface area contributed by atoms with Gasteiger partial charge in [0.15, 0.2) is 30.7 Å². The summed E-state index contributed by atoms with van der Waals surface area (Å²) in [6.07, 6.45) is 3.07. The first-order valence-electron chi connectivity index (χ1n) is 13.4. The average molecular weight is 578 g/mol. The summed E-state index contributed by atoms with van der Waals surface area (Å²) in [4.78, 5) is 19.5. The van der Waals surface area contributed by atoms with Crippen LogP contribution in [0.1, 0.15) is 61.0 Å². The van der Waals surface area contributed by atoms with Crippen LogP contribution in [0.4, 0.5) is 9.52 Å². The molecule has 2 aromatic rings. The van der Waals surface area contributed by atoms with E-state index in [1.807, 2.05) is 19.0 Å². The predicted octanol–water partition coefficient (Wildman–Crippen LogP) is 6.21. The van der Waals surface area contributed by atoms with E-state index in [0.717, 1.165) is 30.9 Å². The van der Waals surface area contributed by atoms with Crippen molar-refractivity contribution in [3.05, 3.63) is 40.2 Å². The minimum Gasteiger partial charge on any atom is -0.491 e. The number of ether oxygens (including phenoxy) is 2. The van der Waals surface area contributed by atoms with Gasteiger partial charge in [-0.1, -0.05) is 32.6 Å². The summed E-state index contributed by atoms with van der Waals surface area (Å²) >= 11 is 1.44. The Morgan fingerprint density at radius 2 is 1.92 bits per heavy atom. The maximum Gasteiger partial charge on any atom is 0.357 e. The monoisotopic (exact) mass is 577 g/mol. The van der Waals surface area contributed by atoms with E-state index in [1.54, 1.807) is 12.1 Å². The largest absolute Gasteiger partial charge is 0.491 e. The third-order valence-corrected chi connectivity index (χ3v) is 12.2. The van der Waals surface area contributed by atoms with Crippen molar-refractivity contribution in [3.8, 4) is 17.6 Å². The van der Waals surface area contributed by atoms with E-state index in [2.05, 4.69) is 56.0 Å². The molecule has 0 atom stereocenters. The van der Waals surface area contributed by atoms with Gasteiger partial charge in [0.05, 0.1) is 20.3 Å². The SMILES string of the molecule is COC(=O)c1nc(NCCCCO[Si](C)(C)C(C)(C)C)sc1CCCOc1ccc(C#CCN(C)C)cc1F. The van der Waals surface area contributed by atoms with Crippen molar-refractivity contribution in [2.45, 2.75) is 64.6 Å². The Morgan fingerprint density at radius 1 is 1.18 bits per heavy atom. The summed E-state index contributed by atoms with van der Waals surface area (Å²) in [5.41, 5.74) is 0.926. The molecule has 0 saturated heterocycles. The lowest BCUT2D eigenvalue weighted by Crippen LogP contribution is -2.41. The smallest absolute Gasteiger partial charge is 0.357 e. The van der Waals surface area contributed by atoms with Gasteiger partial charge in [-0.05, 0) is 76.1 Å². The molecule has 1 aromatic heterocycles. The number of hydrogen-bond acceptors (Lipinski definition) is 8. The van der Waals surface area contributed by atoms with Gasteiger partial charge in [0.1, 0.15) is 0 Å². The number of carbonyl (C=O) groups is 1. The number of aryl methyl sites for hydroxylation is 1. The fourth-order valence-corrected chi connectivity index (χ4v) is 5.33. The van der Waals surface area contributed by atoms with Crippen molar-refractivity contribution in [2.24, 2.45) is 0 Å². The van der Waals surface area contributed by atoms with Crippen LogP contribution in [0.3, 0.4) is 0 Å². The van der Waals surface area contributed by atoms with Crippen molar-refractivity contribution in [2.75, 3.05) is 52.8 Å². The molecule has 0 spiro atoms. The van der Waals surface area contributed by atoms with Crippen LogP contribution in [0.25, 0.3) is 0 Å². The highest BCUT2D eigenvalue weighted by molar-refractivity contribution is 7.15. The summed E-state index contributed by atoms with van der Waals surface area (Å²) in [7, 11) is 3.48. The summed E-state index contributed by atoms with van der Waals surface area (Å²) in [6.45, 7) is 13.7. The number of esters is 1. The molecule has 7 nitrogen and oxygen atoms in total. The van der Waals surface area contributed by atoms with Crippen molar-refractivity contribution < 1.29 is 23.1 Å². The van der Waals surface area contributed by atoms with Gasteiger partial charge < -0.3 is 19.2 Å². The number of hydrogen-bond donors (Lipinski definition) is 1. The summed E-state index contributed by atoms with van der Waals surface area (Å²) in [6, 6.07) is 4.73. The lowest BCUT2D eigenvalue weighted by atomic mass is 10.2. The molecule has 39 heavy (non-hydrogen) atoms. The molecule has 0 amide bonds. The second kappa shape index (κ2) is 15.4. The van der Waals surface area contributed by atoms with E-state index in [-0.39, 0.29) is 10.8 Å². The van der Waals surface area contributed by atoms with Gasteiger partial charge in [-0.2, -0.15) is 0 Å². The standard InChI is InChI=1S/C29H44FN3O4SSi/c1-29(2,3)39(7,8)37-20-10-9-17-31-28-32-26(27(34)35-6)25(38-28)14-12-19-36-24-16-15-22(21-23(24)30)13-11-18-33(4)5/h15-16,21H,9-10,12,14,17-20H2,1-8H3,(H,31,32). The molecule has 0 aliphatic heterocycles. The minimum atomic E-state index is -1.72. The zero-order valence-corrected chi connectivity index (χ0v) is 26.5. The van der Waals surface area contributed by atoms with Crippen LogP contribution >= 0.6 is 11.3 Å². The Hall–Kier alpha value is -2.45. The fraction of sp³-hybridized carbons (Fsp3) is 0.586. The number of unbranched alkanes of at least 4 members (excludes halogenated alkanes) is 1. The number of aromatic nitrogens is 1. The molecule has 0 aliphatic carbocycles. The molecular formula is C29H44FN3O4SSi. The normalized spacial score (nSPS) is 11.7. The molecule has 2 rings (SSSR count). The molecule has 1 aromatic carbocycles. The lowest BCUT2D eigenvalue weighted by molar-refractivity contribution is 0.0593. The van der Waals surface area contributed by atoms with Gasteiger partial charge in [-0.3, -0.25) is 4.90 Å². The highest BCUT2D eigenvalue weighted by Crippen LogP contribution is 2.36. The summed E-state index contributed by atoms with van der Waals surface area (Å²) in [5, 5.41) is 4.22. The molecule has 1 heterocycles. The van der Waals surface area contributed by atoms with Gasteiger partial charge in [-0.15, -0.1) is 11.3 Å². The average Bonchev–Trinajstić information content (AvgIpc) is 3.26. The van der Waals surface area contributed by atoms with E-state index < -0.39 is 20.1 Å². The van der Waals surface area contributed by atoms with Gasteiger partial charge in [-0.25, -0.2) is 14.2 Å². The van der Waals surface area contributed by atoms with E-state index in [0.29, 0.717) is 42.4 Å². The Morgan fingerprint density at radius 3 is 2.56 bits per heavy atom. The third kappa shape index (κ3) is 10.9. The second-order valence-electron chi connectivity index (χ2n) is 11.2. The van der Waals surface area contributed by atoms with E-state index in [9.17, 15) is 9.18 Å². The van der Waals surface area contributed by atoms with Crippen molar-refractivity contribution >= 4 is 30.8 Å². The second-order valence-corrected chi connectivity index (χ2v) is 17.1. The first kappa shape index (κ1) is 32.8. The summed E-state index contributed by atoms with van der Waals surface area (Å²) in [5.74, 6) is 5.21. The Balaban J connectivity index is 1.83. The number of thiazole rings is 1. The molecule has 0 unspecified atom stereocenters. The number of halogens is 1. The van der Waals surface area contributed by atoms with Crippen LogP contribution in [0, 0.1) is 17.7 Å². The molecule has 0 aliphatic rings. The number of nitrogens with one attached hydrogen (secondary N) is 1. The van der Waals surface area contributed by atoms with Crippen LogP contribution in [0.2, 0.25) is 18.1 Å². The topological polar surface area (TPSA) is 72.9 Å². The first-order chi connectivity index (χ1) is 18.3. The first-order valence-corrected chi connectivity index (χ1v) is 17.1. The van der Waals surface area contributed by atoms with E-state index >= 15 is 0 Å². The van der Waals surface area contributed by atoms with Crippen LogP contribution in [-0.4, -0.2) is 71.7 Å². The Labute approximate surface area is 238 Å². The number of rotatable bonds is 14. The van der Waals surface area contributed by atoms with Gasteiger partial charge in [0.25, 0.3) is 0 Å². The molecule has 10 heteroatoms. The quantitative estimate of drug-likeness (QED) is 0.124. The number of benzene rings is 1. The Bertz CT molecular complexity index is 1140. The van der Waals surface area contributed by atoms with Crippen LogP contribution in [0.5, 0.6) is 5.75 Å². The molecular weight excluding hydrogens is 533 g/mol. The van der Waals surface area contributed by atoms with E-state index in [4.69, 9.17) is 13.9 Å².